The van der Waals surface area contributed by atoms with Gasteiger partial charge in [0.1, 0.15) is 0 Å². The van der Waals surface area contributed by atoms with Gasteiger partial charge in [-0.3, -0.25) is 15.0 Å². The van der Waals surface area contributed by atoms with Crippen LogP contribution in [0.15, 0.2) is 18.2 Å². The number of hydrogen-bond donors (Lipinski definition) is 3. The number of carbonyl (C=O) groups excluding carboxylic acids is 2. The first-order valence-electron chi connectivity index (χ1n) is 4.12. The van der Waals surface area contributed by atoms with Crippen LogP contribution in [0.4, 0.5) is 5.69 Å². The van der Waals surface area contributed by atoms with Gasteiger partial charge in [-0.2, -0.15) is 0 Å². The summed E-state index contributed by atoms with van der Waals surface area (Å²) in [6, 6.07) is 4.98. The predicted molar refractivity (Wildman–Crippen MR) is 57.1 cm³/mol. The zero-order valence-corrected chi connectivity index (χ0v) is 8.76. The Morgan fingerprint density at radius 2 is 2.00 bits per heavy atom. The predicted octanol–water partition coefficient (Wildman–Crippen LogP) is 0.577. The molecule has 0 atom stereocenters. The first-order valence-corrected chi connectivity index (χ1v) is 4.50. The van der Waals surface area contributed by atoms with E-state index >= 15 is 0 Å². The number of hydrogen-bond acceptors (Lipinski definition) is 3. The molecule has 0 radical (unpaired) electrons. The molecular weight excluding hydrogens is 218 g/mol. The minimum atomic E-state index is -0.908. The van der Waals surface area contributed by atoms with Crippen molar-refractivity contribution in [3.8, 4) is 0 Å². The van der Waals surface area contributed by atoms with E-state index in [1.807, 2.05) is 0 Å². The molecule has 0 bridgehead atoms. The maximum atomic E-state index is 11.2. The molecule has 80 valence electrons. The Bertz CT molecular complexity index is 406. The van der Waals surface area contributed by atoms with Gasteiger partial charge in [-0.05, 0) is 24.6 Å². The van der Waals surface area contributed by atoms with Crippen LogP contribution in [0.2, 0.25) is 5.02 Å². The number of aryl methyl sites for hydroxylation is 1. The molecule has 0 fully saturated rings. The minimum absolute atomic E-state index is 0.476. The molecule has 2 amide bonds. The molecule has 0 spiro atoms. The van der Waals surface area contributed by atoms with E-state index in [1.54, 1.807) is 30.5 Å². The second-order valence-corrected chi connectivity index (χ2v) is 3.32. The maximum absolute atomic E-state index is 11.2. The van der Waals surface area contributed by atoms with Crippen molar-refractivity contribution in [1.29, 1.82) is 0 Å². The number of rotatable bonds is 1. The summed E-state index contributed by atoms with van der Waals surface area (Å²) in [6.45, 7) is 1.78. The molecule has 1 aromatic carbocycles. The van der Waals surface area contributed by atoms with Gasteiger partial charge in [0.25, 0.3) is 0 Å². The van der Waals surface area contributed by atoms with Gasteiger partial charge < -0.3 is 5.32 Å². The lowest BCUT2D eigenvalue weighted by Crippen LogP contribution is -2.39. The molecule has 5 nitrogen and oxygen atoms in total. The minimum Gasteiger partial charge on any atom is -0.317 e. The average molecular weight is 228 g/mol. The van der Waals surface area contributed by atoms with E-state index in [0.717, 1.165) is 5.56 Å². The monoisotopic (exact) mass is 227 g/mol. The van der Waals surface area contributed by atoms with Crippen LogP contribution in [0.3, 0.4) is 0 Å². The zero-order valence-electron chi connectivity index (χ0n) is 8.00. The Labute approximate surface area is 91.6 Å². The lowest BCUT2D eigenvalue weighted by molar-refractivity contribution is -0.136. The van der Waals surface area contributed by atoms with E-state index < -0.39 is 11.8 Å². The van der Waals surface area contributed by atoms with Crippen LogP contribution in [-0.2, 0) is 9.59 Å². The van der Waals surface area contributed by atoms with Crippen LogP contribution in [0.1, 0.15) is 5.56 Å². The van der Waals surface area contributed by atoms with Crippen LogP contribution in [0.25, 0.3) is 0 Å². The molecule has 1 aromatic rings. The highest BCUT2D eigenvalue weighted by Crippen LogP contribution is 2.19. The van der Waals surface area contributed by atoms with Gasteiger partial charge in [0.05, 0.1) is 0 Å². The number of halogens is 1. The molecule has 0 saturated heterocycles. The van der Waals surface area contributed by atoms with Crippen LogP contribution in [0, 0.1) is 6.92 Å². The van der Waals surface area contributed by atoms with Crippen molar-refractivity contribution in [2.75, 3.05) is 5.32 Å². The number of hydrazine groups is 1. The van der Waals surface area contributed by atoms with Gasteiger partial charge >= 0.3 is 11.8 Å². The number of anilines is 1. The Morgan fingerprint density at radius 3 is 2.60 bits per heavy atom. The third-order valence-electron chi connectivity index (χ3n) is 1.79. The first-order chi connectivity index (χ1) is 7.04. The Hall–Kier alpha value is -1.59. The van der Waals surface area contributed by atoms with Crippen molar-refractivity contribution in [3.05, 3.63) is 28.8 Å². The average Bonchev–Trinajstić information content (AvgIpc) is 2.22. The number of nitrogens with two attached hydrogens (primary N) is 1. The lowest BCUT2D eigenvalue weighted by Gasteiger charge is -2.07. The fraction of sp³-hybridized carbons (Fsp3) is 0.111. The number of nitrogens with one attached hydrogen (secondary N) is 2. The Balaban J connectivity index is 2.85. The summed E-state index contributed by atoms with van der Waals surface area (Å²) in [5.41, 5.74) is 3.02. The van der Waals surface area contributed by atoms with E-state index in [0.29, 0.717) is 10.7 Å². The lowest BCUT2D eigenvalue weighted by atomic mass is 10.2. The zero-order chi connectivity index (χ0) is 11.4. The Kier molecular flexibility index (Phi) is 3.65. The molecule has 0 heterocycles. The number of amides is 2. The number of benzene rings is 1. The smallest absolute Gasteiger partial charge is 0.317 e. The largest absolute Gasteiger partial charge is 0.323 e. The molecule has 1 rings (SSSR count). The van der Waals surface area contributed by atoms with Gasteiger partial charge in [0.2, 0.25) is 0 Å². The van der Waals surface area contributed by atoms with Crippen molar-refractivity contribution in [2.45, 2.75) is 6.92 Å². The summed E-state index contributed by atoms with van der Waals surface area (Å²) in [4.78, 5) is 22.0. The maximum Gasteiger partial charge on any atom is 0.323 e. The van der Waals surface area contributed by atoms with Gasteiger partial charge in [-0.25, -0.2) is 5.84 Å². The summed E-state index contributed by atoms with van der Waals surface area (Å²) < 4.78 is 0. The highest BCUT2D eigenvalue weighted by atomic mass is 35.5. The van der Waals surface area contributed by atoms with Gasteiger partial charge in [-0.15, -0.1) is 0 Å². The van der Waals surface area contributed by atoms with Gasteiger partial charge in [0.15, 0.2) is 0 Å². The summed E-state index contributed by atoms with van der Waals surface area (Å²) in [5, 5.41) is 2.86. The van der Waals surface area contributed by atoms with Crippen molar-refractivity contribution >= 4 is 29.1 Å². The van der Waals surface area contributed by atoms with E-state index in [9.17, 15) is 9.59 Å². The summed E-state index contributed by atoms with van der Waals surface area (Å²) >= 11 is 5.74. The summed E-state index contributed by atoms with van der Waals surface area (Å²) in [5.74, 6) is 3.07. The summed E-state index contributed by atoms with van der Waals surface area (Å²) in [6.07, 6.45) is 0. The van der Waals surface area contributed by atoms with E-state index in [-0.39, 0.29) is 0 Å². The van der Waals surface area contributed by atoms with Crippen molar-refractivity contribution in [3.63, 3.8) is 0 Å². The van der Waals surface area contributed by atoms with Gasteiger partial charge in [0, 0.05) is 10.7 Å². The third-order valence-corrected chi connectivity index (χ3v) is 2.02. The van der Waals surface area contributed by atoms with Gasteiger partial charge in [-0.1, -0.05) is 17.7 Å². The van der Waals surface area contributed by atoms with Crippen LogP contribution in [0.5, 0.6) is 0 Å². The quantitative estimate of drug-likeness (QED) is 0.284. The van der Waals surface area contributed by atoms with Crippen LogP contribution >= 0.6 is 11.6 Å². The first kappa shape index (κ1) is 11.5. The van der Waals surface area contributed by atoms with Crippen LogP contribution < -0.4 is 16.6 Å². The second kappa shape index (κ2) is 4.77. The topological polar surface area (TPSA) is 84.2 Å². The molecule has 0 aliphatic carbocycles. The van der Waals surface area contributed by atoms with Crippen molar-refractivity contribution < 1.29 is 9.59 Å². The molecule has 15 heavy (non-hydrogen) atoms. The molecular formula is C9H10ClN3O2. The fourth-order valence-corrected chi connectivity index (χ4v) is 1.15. The molecule has 4 N–H and O–H groups in total. The highest BCUT2D eigenvalue weighted by Gasteiger charge is 2.12. The van der Waals surface area contributed by atoms with E-state index in [4.69, 9.17) is 17.4 Å². The molecule has 6 heteroatoms. The normalized spacial score (nSPS) is 9.53. The van der Waals surface area contributed by atoms with Crippen molar-refractivity contribution in [1.82, 2.24) is 5.43 Å². The Morgan fingerprint density at radius 1 is 1.33 bits per heavy atom. The van der Waals surface area contributed by atoms with E-state index in [2.05, 4.69) is 5.32 Å². The second-order valence-electron chi connectivity index (χ2n) is 2.89. The summed E-state index contributed by atoms with van der Waals surface area (Å²) in [7, 11) is 0. The fourth-order valence-electron chi connectivity index (χ4n) is 0.974. The standard InChI is InChI=1S/C9H10ClN3O2/c1-5-2-3-6(10)4-7(5)12-8(14)9(15)13-11/h2-4H,11H2,1H3,(H,12,14)(H,13,15). The van der Waals surface area contributed by atoms with Crippen LogP contribution in [-0.4, -0.2) is 11.8 Å². The highest BCUT2D eigenvalue weighted by molar-refractivity contribution is 6.39. The molecule has 0 unspecified atom stereocenters. The molecule has 0 aromatic heterocycles. The SMILES string of the molecule is Cc1ccc(Cl)cc1NC(=O)C(=O)NN. The van der Waals surface area contributed by atoms with Crippen molar-refractivity contribution in [2.24, 2.45) is 5.84 Å². The third kappa shape index (κ3) is 2.93. The number of carbonyl (C=O) groups is 2. The molecule has 0 aliphatic rings. The molecule has 0 saturated carbocycles. The molecule has 0 aliphatic heterocycles. The van der Waals surface area contributed by atoms with E-state index in [1.165, 1.54) is 0 Å².